The molecule has 33 heavy (non-hydrogen) atoms. The minimum atomic E-state index is -0.816. The number of halogens is 1. The number of hydrogen-bond acceptors (Lipinski definition) is 5. The Kier molecular flexibility index (Phi) is 6.26. The number of carbonyl (C=O) groups is 3. The molecule has 166 valence electrons. The van der Waals surface area contributed by atoms with Gasteiger partial charge in [-0.2, -0.15) is 0 Å². The number of hydrogen-bond donors (Lipinski definition) is 1. The average Bonchev–Trinajstić information content (AvgIpc) is 3.19. The van der Waals surface area contributed by atoms with Crippen molar-refractivity contribution >= 4 is 34.4 Å². The third-order valence-electron chi connectivity index (χ3n) is 5.00. The number of carbonyl (C=O) groups excluding carboxylic acids is 3. The fraction of sp³-hybridized carbons (Fsp3) is 0.120. The van der Waals surface area contributed by atoms with Gasteiger partial charge in [-0.15, -0.1) is 0 Å². The van der Waals surface area contributed by atoms with Crippen molar-refractivity contribution in [1.29, 1.82) is 0 Å². The molecule has 8 heteroatoms. The first-order valence-corrected chi connectivity index (χ1v) is 10.3. The van der Waals surface area contributed by atoms with Crippen LogP contribution in [0.1, 0.15) is 33.2 Å². The van der Waals surface area contributed by atoms with Gasteiger partial charge in [0.05, 0.1) is 17.7 Å². The zero-order valence-corrected chi connectivity index (χ0v) is 17.7. The molecule has 0 radical (unpaired) electrons. The van der Waals surface area contributed by atoms with Gasteiger partial charge in [-0.1, -0.05) is 12.1 Å². The number of nitrogens with zero attached hydrogens (tertiary/aromatic N) is 2. The Bertz CT molecular complexity index is 1330. The van der Waals surface area contributed by atoms with E-state index in [1.165, 1.54) is 36.4 Å². The summed E-state index contributed by atoms with van der Waals surface area (Å²) < 4.78 is 19.9. The standard InChI is InChI=1S/C25H20FN3O4/c1-2-33-25(32)17-7-11-19(12-8-17)28-24(31)22(30)21-15-29(23-20(21)4-3-13-27-23)14-16-5-9-18(26)10-6-16/h3-13,15H,2,14H2,1H3,(H,28,31). The summed E-state index contributed by atoms with van der Waals surface area (Å²) in [6.45, 7) is 2.33. The molecule has 0 bridgehead atoms. The number of aromatic nitrogens is 2. The number of ketones is 1. The van der Waals surface area contributed by atoms with E-state index in [0.29, 0.717) is 28.8 Å². The van der Waals surface area contributed by atoms with Crippen LogP contribution in [0, 0.1) is 5.82 Å². The van der Waals surface area contributed by atoms with Crippen LogP contribution in [0.4, 0.5) is 10.1 Å². The summed E-state index contributed by atoms with van der Waals surface area (Å²) in [7, 11) is 0. The van der Waals surface area contributed by atoms with Crippen LogP contribution in [0.25, 0.3) is 11.0 Å². The predicted molar refractivity (Wildman–Crippen MR) is 121 cm³/mol. The number of fused-ring (bicyclic) bond motifs is 1. The third-order valence-corrected chi connectivity index (χ3v) is 5.00. The topological polar surface area (TPSA) is 90.3 Å². The lowest BCUT2D eigenvalue weighted by Gasteiger charge is -2.06. The molecule has 7 nitrogen and oxygen atoms in total. The van der Waals surface area contributed by atoms with Gasteiger partial charge < -0.3 is 14.6 Å². The number of amides is 1. The lowest BCUT2D eigenvalue weighted by Crippen LogP contribution is -2.22. The Morgan fingerprint density at radius 2 is 1.76 bits per heavy atom. The highest BCUT2D eigenvalue weighted by molar-refractivity contribution is 6.48. The van der Waals surface area contributed by atoms with Gasteiger partial charge in [-0.05, 0) is 61.0 Å². The number of esters is 1. The van der Waals surface area contributed by atoms with Gasteiger partial charge in [-0.25, -0.2) is 14.2 Å². The summed E-state index contributed by atoms with van der Waals surface area (Å²) in [6, 6.07) is 15.5. The van der Waals surface area contributed by atoms with Crippen LogP contribution in [0.5, 0.6) is 0 Å². The van der Waals surface area contributed by atoms with Crippen molar-refractivity contribution in [1.82, 2.24) is 9.55 Å². The summed E-state index contributed by atoms with van der Waals surface area (Å²) in [5, 5.41) is 3.10. The van der Waals surface area contributed by atoms with E-state index >= 15 is 0 Å². The molecule has 0 aliphatic heterocycles. The molecule has 0 unspecified atom stereocenters. The molecule has 4 rings (SSSR count). The molecule has 0 aliphatic rings. The molecule has 0 atom stereocenters. The second kappa shape index (κ2) is 9.44. The van der Waals surface area contributed by atoms with Crippen molar-refractivity contribution in [3.8, 4) is 0 Å². The van der Waals surface area contributed by atoms with Crippen molar-refractivity contribution in [2.75, 3.05) is 11.9 Å². The number of pyridine rings is 1. The Balaban J connectivity index is 1.55. The SMILES string of the molecule is CCOC(=O)c1ccc(NC(=O)C(=O)c2cn(Cc3ccc(F)cc3)c3ncccc23)cc1. The van der Waals surface area contributed by atoms with Gasteiger partial charge in [0.15, 0.2) is 0 Å². The van der Waals surface area contributed by atoms with Crippen LogP contribution < -0.4 is 5.32 Å². The number of rotatable bonds is 7. The minimum Gasteiger partial charge on any atom is -0.462 e. The van der Waals surface area contributed by atoms with E-state index in [9.17, 15) is 18.8 Å². The highest BCUT2D eigenvalue weighted by atomic mass is 19.1. The number of ether oxygens (including phenoxy) is 1. The van der Waals surface area contributed by atoms with Crippen LogP contribution in [0.15, 0.2) is 73.1 Å². The van der Waals surface area contributed by atoms with E-state index < -0.39 is 17.7 Å². The Hall–Kier alpha value is -4.33. The first kappa shape index (κ1) is 21.9. The molecule has 4 aromatic rings. The maximum absolute atomic E-state index is 13.2. The summed E-state index contributed by atoms with van der Waals surface area (Å²) in [5.74, 6) is -2.34. The number of nitrogens with one attached hydrogen (secondary N) is 1. The Labute approximate surface area is 188 Å². The van der Waals surface area contributed by atoms with Crippen molar-refractivity contribution in [2.24, 2.45) is 0 Å². The van der Waals surface area contributed by atoms with Crippen molar-refractivity contribution < 1.29 is 23.5 Å². The first-order valence-electron chi connectivity index (χ1n) is 10.3. The molecule has 2 heterocycles. The third kappa shape index (κ3) is 4.79. The average molecular weight is 445 g/mol. The fourth-order valence-electron chi connectivity index (χ4n) is 3.42. The highest BCUT2D eigenvalue weighted by Gasteiger charge is 2.22. The molecule has 0 spiro atoms. The largest absolute Gasteiger partial charge is 0.462 e. The summed E-state index contributed by atoms with van der Waals surface area (Å²) in [5.41, 5.74) is 2.28. The van der Waals surface area contributed by atoms with Crippen molar-refractivity contribution in [3.05, 3.63) is 95.6 Å². The molecule has 2 aromatic heterocycles. The van der Waals surface area contributed by atoms with Crippen LogP contribution in [0.2, 0.25) is 0 Å². The second-order valence-corrected chi connectivity index (χ2v) is 7.25. The number of benzene rings is 2. The number of anilines is 1. The van der Waals surface area contributed by atoms with Gasteiger partial charge in [0.2, 0.25) is 0 Å². The van der Waals surface area contributed by atoms with E-state index in [4.69, 9.17) is 4.74 Å². The normalized spacial score (nSPS) is 10.7. The molecule has 0 saturated carbocycles. The van der Waals surface area contributed by atoms with Crippen LogP contribution in [0.3, 0.4) is 0 Å². The second-order valence-electron chi connectivity index (χ2n) is 7.25. The maximum Gasteiger partial charge on any atom is 0.338 e. The quantitative estimate of drug-likeness (QED) is 0.261. The molecule has 0 saturated heterocycles. The first-order chi connectivity index (χ1) is 16.0. The maximum atomic E-state index is 13.2. The molecular weight excluding hydrogens is 425 g/mol. The van der Waals surface area contributed by atoms with Crippen molar-refractivity contribution in [3.63, 3.8) is 0 Å². The van der Waals surface area contributed by atoms with Crippen LogP contribution in [-0.4, -0.2) is 33.8 Å². The van der Waals surface area contributed by atoms with Gasteiger partial charge in [-0.3, -0.25) is 9.59 Å². The molecule has 0 aliphatic carbocycles. The van der Waals surface area contributed by atoms with E-state index in [1.54, 1.807) is 48.1 Å². The van der Waals surface area contributed by atoms with Gasteiger partial charge >= 0.3 is 5.97 Å². The zero-order chi connectivity index (χ0) is 23.4. The predicted octanol–water partition coefficient (Wildman–Crippen LogP) is 4.22. The van der Waals surface area contributed by atoms with Crippen LogP contribution in [-0.2, 0) is 16.1 Å². The Morgan fingerprint density at radius 3 is 2.45 bits per heavy atom. The monoisotopic (exact) mass is 445 g/mol. The van der Waals surface area contributed by atoms with Crippen molar-refractivity contribution in [2.45, 2.75) is 13.5 Å². The lowest BCUT2D eigenvalue weighted by atomic mass is 10.1. The number of Topliss-reactive ketones (excluding diaryl/α,β-unsaturated/α-hetero) is 1. The van der Waals surface area contributed by atoms with Crippen LogP contribution >= 0.6 is 0 Å². The van der Waals surface area contributed by atoms with E-state index in [2.05, 4.69) is 10.3 Å². The van der Waals surface area contributed by atoms with Gasteiger partial charge in [0.25, 0.3) is 11.7 Å². The highest BCUT2D eigenvalue weighted by Crippen LogP contribution is 2.22. The molecule has 1 N–H and O–H groups in total. The van der Waals surface area contributed by atoms with E-state index in [0.717, 1.165) is 5.56 Å². The summed E-state index contributed by atoms with van der Waals surface area (Å²) >= 11 is 0. The molecular formula is C25H20FN3O4. The zero-order valence-electron chi connectivity index (χ0n) is 17.7. The molecule has 1 amide bonds. The van der Waals surface area contributed by atoms with E-state index in [1.807, 2.05) is 0 Å². The van der Waals surface area contributed by atoms with E-state index in [-0.39, 0.29) is 18.0 Å². The summed E-state index contributed by atoms with van der Waals surface area (Å²) in [4.78, 5) is 41.7. The fourth-order valence-corrected chi connectivity index (χ4v) is 3.42. The lowest BCUT2D eigenvalue weighted by molar-refractivity contribution is -0.112. The van der Waals surface area contributed by atoms with Gasteiger partial charge in [0.1, 0.15) is 11.5 Å². The molecule has 0 fully saturated rings. The smallest absolute Gasteiger partial charge is 0.338 e. The van der Waals surface area contributed by atoms with Gasteiger partial charge in [0, 0.05) is 30.0 Å². The minimum absolute atomic E-state index is 0.209. The summed E-state index contributed by atoms with van der Waals surface area (Å²) in [6.07, 6.45) is 3.18. The molecule has 2 aromatic carbocycles. The Morgan fingerprint density at radius 1 is 1.03 bits per heavy atom.